The molecule has 9 heteroatoms. The van der Waals surface area contributed by atoms with E-state index in [9.17, 15) is 9.59 Å². The van der Waals surface area contributed by atoms with Crippen molar-refractivity contribution in [3.05, 3.63) is 75.9 Å². The summed E-state index contributed by atoms with van der Waals surface area (Å²) in [4.78, 5) is 27.8. The predicted octanol–water partition coefficient (Wildman–Crippen LogP) is 5.59. The number of methoxy groups -OCH3 is 1. The van der Waals surface area contributed by atoms with E-state index in [2.05, 4.69) is 5.32 Å². The van der Waals surface area contributed by atoms with Gasteiger partial charge in [0.2, 0.25) is 5.91 Å². The molecule has 35 heavy (non-hydrogen) atoms. The fourth-order valence-electron chi connectivity index (χ4n) is 3.46. The smallest absolute Gasteiger partial charge is 0.254 e. The van der Waals surface area contributed by atoms with Crippen LogP contribution < -0.4 is 5.32 Å². The first-order chi connectivity index (χ1) is 16.6. The maximum absolute atomic E-state index is 13.2. The van der Waals surface area contributed by atoms with E-state index in [1.807, 2.05) is 45.0 Å². The van der Waals surface area contributed by atoms with Gasteiger partial charge in [0.15, 0.2) is 0 Å². The number of nitrogens with one attached hydrogen (secondary N) is 1. The quantitative estimate of drug-likeness (QED) is 0.376. The molecule has 1 aromatic heterocycles. The Labute approximate surface area is 216 Å². The van der Waals surface area contributed by atoms with E-state index in [4.69, 9.17) is 33.0 Å². The number of halogens is 2. The second-order valence-corrected chi connectivity index (χ2v) is 10.0. The first-order valence-corrected chi connectivity index (χ1v) is 12.0. The fourth-order valence-corrected chi connectivity index (χ4v) is 3.86. The van der Waals surface area contributed by atoms with Crippen LogP contribution in [0.4, 0.5) is 5.82 Å². The van der Waals surface area contributed by atoms with E-state index in [0.717, 1.165) is 5.69 Å². The molecule has 1 heterocycles. The third-order valence-corrected chi connectivity index (χ3v) is 5.85. The van der Waals surface area contributed by atoms with Crippen molar-refractivity contribution in [2.24, 2.45) is 0 Å². The number of aromatic nitrogens is 2. The number of carbonyl (C=O) groups excluding carboxylic acids is 2. The Morgan fingerprint density at radius 3 is 2.49 bits per heavy atom. The molecule has 0 aliphatic rings. The Balaban J connectivity index is 1.87. The Morgan fingerprint density at radius 2 is 1.83 bits per heavy atom. The van der Waals surface area contributed by atoms with Crippen molar-refractivity contribution < 1.29 is 14.3 Å². The Hall–Kier alpha value is -2.87. The molecule has 0 aliphatic carbocycles. The summed E-state index contributed by atoms with van der Waals surface area (Å²) in [5.41, 5.74) is 1.60. The van der Waals surface area contributed by atoms with Crippen molar-refractivity contribution in [1.29, 1.82) is 0 Å². The monoisotopic (exact) mass is 516 g/mol. The molecule has 0 radical (unpaired) electrons. The molecular weight excluding hydrogens is 487 g/mol. The summed E-state index contributed by atoms with van der Waals surface area (Å²) in [6, 6.07) is 15.8. The van der Waals surface area contributed by atoms with Crippen LogP contribution in [0.2, 0.25) is 10.0 Å². The molecule has 1 N–H and O–H groups in total. The van der Waals surface area contributed by atoms with Gasteiger partial charge in [0.1, 0.15) is 12.4 Å². The van der Waals surface area contributed by atoms with Gasteiger partial charge in [-0.15, -0.1) is 0 Å². The first kappa shape index (κ1) is 26.7. The topological polar surface area (TPSA) is 76.5 Å². The van der Waals surface area contributed by atoms with Gasteiger partial charge in [0.05, 0.1) is 16.4 Å². The molecule has 0 aliphatic heterocycles. The van der Waals surface area contributed by atoms with Crippen LogP contribution in [0, 0.1) is 0 Å². The Kier molecular flexibility index (Phi) is 8.94. The number of anilines is 1. The van der Waals surface area contributed by atoms with Gasteiger partial charge in [-0.2, -0.15) is 5.10 Å². The molecule has 2 amide bonds. The summed E-state index contributed by atoms with van der Waals surface area (Å²) >= 11 is 12.5. The zero-order chi connectivity index (χ0) is 25.6. The second-order valence-electron chi connectivity index (χ2n) is 9.16. The number of para-hydroxylation sites is 1. The highest BCUT2D eigenvalue weighted by Crippen LogP contribution is 2.29. The largest absolute Gasteiger partial charge is 0.385 e. The Morgan fingerprint density at radius 1 is 1.09 bits per heavy atom. The van der Waals surface area contributed by atoms with Crippen LogP contribution >= 0.6 is 23.2 Å². The van der Waals surface area contributed by atoms with E-state index < -0.39 is 0 Å². The number of nitrogens with zero attached hydrogens (tertiary/aromatic N) is 3. The highest BCUT2D eigenvalue weighted by atomic mass is 35.5. The van der Waals surface area contributed by atoms with Crippen LogP contribution in [0.3, 0.4) is 0 Å². The van der Waals surface area contributed by atoms with Gasteiger partial charge in [-0.25, -0.2) is 4.68 Å². The minimum absolute atomic E-state index is 0.145. The average Bonchev–Trinajstić information content (AvgIpc) is 3.22. The molecule has 2 aromatic carbocycles. The SMILES string of the molecule is COCCCN(CC(=O)Nc1cc(C(C)(C)C)nn1-c1ccccc1Cl)C(=O)c1cccc(Cl)c1. The maximum Gasteiger partial charge on any atom is 0.254 e. The number of hydrogen-bond acceptors (Lipinski definition) is 4. The first-order valence-electron chi connectivity index (χ1n) is 11.3. The molecule has 0 fully saturated rings. The normalized spacial score (nSPS) is 11.4. The number of ether oxygens (including phenoxy) is 1. The number of benzene rings is 2. The van der Waals surface area contributed by atoms with E-state index in [1.165, 1.54) is 4.90 Å². The van der Waals surface area contributed by atoms with E-state index in [0.29, 0.717) is 46.7 Å². The predicted molar refractivity (Wildman–Crippen MR) is 140 cm³/mol. The van der Waals surface area contributed by atoms with Crippen LogP contribution in [0.25, 0.3) is 5.69 Å². The second kappa shape index (κ2) is 11.7. The van der Waals surface area contributed by atoms with Crippen LogP contribution in [0.5, 0.6) is 0 Å². The van der Waals surface area contributed by atoms with Crippen LogP contribution in [-0.2, 0) is 14.9 Å². The lowest BCUT2D eigenvalue weighted by Gasteiger charge is -2.22. The van der Waals surface area contributed by atoms with E-state index in [-0.39, 0.29) is 23.8 Å². The summed E-state index contributed by atoms with van der Waals surface area (Å²) in [6.07, 6.45) is 0.585. The number of rotatable bonds is 9. The summed E-state index contributed by atoms with van der Waals surface area (Å²) in [6.45, 7) is 6.80. The average molecular weight is 517 g/mol. The summed E-state index contributed by atoms with van der Waals surface area (Å²) in [5.74, 6) is -0.166. The molecule has 7 nitrogen and oxygen atoms in total. The van der Waals surface area contributed by atoms with Crippen molar-refractivity contribution in [3.8, 4) is 5.69 Å². The number of carbonyl (C=O) groups is 2. The van der Waals surface area contributed by atoms with Gasteiger partial charge >= 0.3 is 0 Å². The molecule has 0 saturated carbocycles. The van der Waals surface area contributed by atoms with Gasteiger partial charge in [-0.3, -0.25) is 9.59 Å². The van der Waals surface area contributed by atoms with Gasteiger partial charge in [0.25, 0.3) is 5.91 Å². The van der Waals surface area contributed by atoms with E-state index in [1.54, 1.807) is 42.1 Å². The van der Waals surface area contributed by atoms with Crippen LogP contribution in [0.15, 0.2) is 54.6 Å². The summed E-state index contributed by atoms with van der Waals surface area (Å²) < 4.78 is 6.74. The number of hydrogen-bond donors (Lipinski definition) is 1. The molecule has 3 aromatic rings. The highest BCUT2D eigenvalue weighted by Gasteiger charge is 2.24. The van der Waals surface area contributed by atoms with E-state index >= 15 is 0 Å². The lowest BCUT2D eigenvalue weighted by Crippen LogP contribution is -2.39. The van der Waals surface area contributed by atoms with Crippen LogP contribution in [-0.4, -0.2) is 53.3 Å². The number of amides is 2. The molecule has 0 bridgehead atoms. The molecule has 0 saturated heterocycles. The molecule has 0 unspecified atom stereocenters. The highest BCUT2D eigenvalue weighted by molar-refractivity contribution is 6.32. The summed E-state index contributed by atoms with van der Waals surface area (Å²) in [7, 11) is 1.60. The van der Waals surface area contributed by atoms with Crippen molar-refractivity contribution in [2.75, 3.05) is 32.1 Å². The van der Waals surface area contributed by atoms with Gasteiger partial charge < -0.3 is 15.0 Å². The maximum atomic E-state index is 13.2. The van der Waals surface area contributed by atoms with Gasteiger partial charge in [-0.05, 0) is 36.8 Å². The molecule has 0 spiro atoms. The Bertz CT molecular complexity index is 1190. The van der Waals surface area contributed by atoms with Crippen LogP contribution in [0.1, 0.15) is 43.2 Å². The van der Waals surface area contributed by atoms with Gasteiger partial charge in [0, 0.05) is 42.3 Å². The zero-order valence-electron chi connectivity index (χ0n) is 20.3. The lowest BCUT2D eigenvalue weighted by molar-refractivity contribution is -0.117. The van der Waals surface area contributed by atoms with Crippen molar-refractivity contribution in [2.45, 2.75) is 32.6 Å². The van der Waals surface area contributed by atoms with Crippen molar-refractivity contribution in [3.63, 3.8) is 0 Å². The molecule has 186 valence electrons. The third kappa shape index (κ3) is 7.07. The molecular formula is C26H30Cl2N4O3. The standard InChI is InChI=1S/C26H30Cl2N4O3/c1-26(2,3)22-16-23(32(30-22)21-12-6-5-11-20(21)28)29-24(33)17-31(13-8-14-35-4)25(34)18-9-7-10-19(27)15-18/h5-7,9-12,15-16H,8,13-14,17H2,1-4H3,(H,29,33). The molecule has 0 atom stereocenters. The van der Waals surface area contributed by atoms with Gasteiger partial charge in [-0.1, -0.05) is 62.2 Å². The minimum Gasteiger partial charge on any atom is -0.385 e. The fraction of sp³-hybridized carbons (Fsp3) is 0.346. The lowest BCUT2D eigenvalue weighted by atomic mass is 9.92. The summed E-state index contributed by atoms with van der Waals surface area (Å²) in [5, 5.41) is 8.58. The minimum atomic E-state index is -0.355. The molecule has 3 rings (SSSR count). The third-order valence-electron chi connectivity index (χ3n) is 5.30. The van der Waals surface area contributed by atoms with Crippen molar-refractivity contribution >= 4 is 40.8 Å². The van der Waals surface area contributed by atoms with Crippen molar-refractivity contribution in [1.82, 2.24) is 14.7 Å². The zero-order valence-corrected chi connectivity index (χ0v) is 21.9.